The summed E-state index contributed by atoms with van der Waals surface area (Å²) in [5.74, 6) is -0.250. The molecule has 1 saturated heterocycles. The lowest BCUT2D eigenvalue weighted by molar-refractivity contribution is -0.137. The maximum atomic E-state index is 10.4. The van der Waals surface area contributed by atoms with Crippen molar-refractivity contribution in [3.8, 4) is 0 Å². The van der Waals surface area contributed by atoms with Crippen molar-refractivity contribution < 1.29 is 14.6 Å². The molecule has 0 aromatic carbocycles. The molecule has 0 aromatic heterocycles. The number of piperidine rings is 1. The average Bonchev–Trinajstić information content (AvgIpc) is 2.16. The van der Waals surface area contributed by atoms with Crippen LogP contribution in [-0.4, -0.2) is 36.9 Å². The van der Waals surface area contributed by atoms with Crippen molar-refractivity contribution in [2.24, 2.45) is 5.92 Å². The Morgan fingerprint density at radius 2 is 2.36 bits per heavy atom. The van der Waals surface area contributed by atoms with Crippen molar-refractivity contribution in [2.45, 2.75) is 32.3 Å². The maximum Gasteiger partial charge on any atom is 0.303 e. The SMILES string of the molecule is CCO[C@H]1CNC[C@H](CCC(=O)O)C1. The lowest BCUT2D eigenvalue weighted by Gasteiger charge is -2.29. The zero-order valence-electron chi connectivity index (χ0n) is 8.66. The highest BCUT2D eigenvalue weighted by molar-refractivity contribution is 5.66. The van der Waals surface area contributed by atoms with Gasteiger partial charge in [0.2, 0.25) is 0 Å². The van der Waals surface area contributed by atoms with Crippen LogP contribution in [0.2, 0.25) is 0 Å². The number of carboxylic acid groups (broad SMARTS) is 1. The molecule has 0 amide bonds. The molecule has 2 N–H and O–H groups in total. The fourth-order valence-corrected chi connectivity index (χ4v) is 1.90. The fourth-order valence-electron chi connectivity index (χ4n) is 1.90. The summed E-state index contributed by atoms with van der Waals surface area (Å²) in [5.41, 5.74) is 0. The van der Waals surface area contributed by atoms with Gasteiger partial charge in [-0.05, 0) is 32.2 Å². The smallest absolute Gasteiger partial charge is 0.303 e. The van der Waals surface area contributed by atoms with Gasteiger partial charge in [0.15, 0.2) is 0 Å². The van der Waals surface area contributed by atoms with Gasteiger partial charge in [-0.2, -0.15) is 0 Å². The first kappa shape index (κ1) is 11.5. The second-order valence-electron chi connectivity index (χ2n) is 3.77. The lowest BCUT2D eigenvalue weighted by atomic mass is 9.93. The van der Waals surface area contributed by atoms with Gasteiger partial charge in [0, 0.05) is 19.6 Å². The zero-order valence-corrected chi connectivity index (χ0v) is 8.66. The number of ether oxygens (including phenoxy) is 1. The molecule has 0 aromatic rings. The van der Waals surface area contributed by atoms with Crippen molar-refractivity contribution in [2.75, 3.05) is 19.7 Å². The Morgan fingerprint density at radius 1 is 1.57 bits per heavy atom. The van der Waals surface area contributed by atoms with Crippen LogP contribution < -0.4 is 5.32 Å². The summed E-state index contributed by atoms with van der Waals surface area (Å²) in [6, 6.07) is 0. The third kappa shape index (κ3) is 4.07. The predicted octanol–water partition coefficient (Wildman–Crippen LogP) is 0.866. The molecular weight excluding hydrogens is 182 g/mol. The molecule has 4 nitrogen and oxygen atoms in total. The molecule has 2 atom stereocenters. The molecular formula is C10H19NO3. The highest BCUT2D eigenvalue weighted by Gasteiger charge is 2.21. The van der Waals surface area contributed by atoms with Crippen molar-refractivity contribution in [1.29, 1.82) is 0 Å². The maximum absolute atomic E-state index is 10.4. The van der Waals surface area contributed by atoms with E-state index in [0.717, 1.165) is 32.5 Å². The van der Waals surface area contributed by atoms with E-state index in [0.29, 0.717) is 5.92 Å². The van der Waals surface area contributed by atoms with E-state index in [1.54, 1.807) is 0 Å². The van der Waals surface area contributed by atoms with Gasteiger partial charge in [-0.25, -0.2) is 0 Å². The number of aliphatic carboxylic acids is 1. The quantitative estimate of drug-likeness (QED) is 0.693. The second-order valence-corrected chi connectivity index (χ2v) is 3.77. The molecule has 1 rings (SSSR count). The summed E-state index contributed by atoms with van der Waals surface area (Å²) < 4.78 is 5.51. The van der Waals surface area contributed by atoms with Crippen LogP contribution in [0.1, 0.15) is 26.2 Å². The molecule has 1 aliphatic heterocycles. The monoisotopic (exact) mass is 201 g/mol. The standard InChI is InChI=1S/C10H19NO3/c1-2-14-9-5-8(6-11-7-9)3-4-10(12)13/h8-9,11H,2-7H2,1H3,(H,12,13)/t8-,9-/m1/s1. The second kappa shape index (κ2) is 5.98. The number of hydrogen-bond donors (Lipinski definition) is 2. The molecule has 0 spiro atoms. The van der Waals surface area contributed by atoms with Gasteiger partial charge in [-0.3, -0.25) is 4.79 Å². The lowest BCUT2D eigenvalue weighted by Crippen LogP contribution is -2.40. The molecule has 0 bridgehead atoms. The molecule has 4 heteroatoms. The number of carboxylic acids is 1. The minimum absolute atomic E-state index is 0.269. The van der Waals surface area contributed by atoms with Gasteiger partial charge in [0.25, 0.3) is 0 Å². The summed E-state index contributed by atoms with van der Waals surface area (Å²) in [4.78, 5) is 10.4. The van der Waals surface area contributed by atoms with Crippen molar-refractivity contribution in [3.63, 3.8) is 0 Å². The Bertz CT molecular complexity index is 182. The number of nitrogens with one attached hydrogen (secondary N) is 1. The summed E-state index contributed by atoms with van der Waals surface area (Å²) >= 11 is 0. The van der Waals surface area contributed by atoms with E-state index in [2.05, 4.69) is 5.32 Å². The van der Waals surface area contributed by atoms with Crippen LogP contribution in [0.5, 0.6) is 0 Å². The molecule has 0 radical (unpaired) electrons. The van der Waals surface area contributed by atoms with Crippen LogP contribution in [0.15, 0.2) is 0 Å². The first-order valence-corrected chi connectivity index (χ1v) is 5.26. The summed E-state index contributed by atoms with van der Waals surface area (Å²) in [6.07, 6.45) is 2.29. The number of carbonyl (C=O) groups is 1. The first-order valence-electron chi connectivity index (χ1n) is 5.26. The minimum atomic E-state index is -0.705. The van der Waals surface area contributed by atoms with E-state index < -0.39 is 5.97 Å². The average molecular weight is 201 g/mol. The topological polar surface area (TPSA) is 58.6 Å². The van der Waals surface area contributed by atoms with Crippen LogP contribution in [0, 0.1) is 5.92 Å². The molecule has 1 heterocycles. The van der Waals surface area contributed by atoms with Crippen molar-refractivity contribution in [3.05, 3.63) is 0 Å². The highest BCUT2D eigenvalue weighted by Crippen LogP contribution is 2.18. The van der Waals surface area contributed by atoms with Gasteiger partial charge in [0.1, 0.15) is 0 Å². The zero-order chi connectivity index (χ0) is 10.4. The molecule has 82 valence electrons. The summed E-state index contributed by atoms with van der Waals surface area (Å²) in [7, 11) is 0. The van der Waals surface area contributed by atoms with Crippen LogP contribution in [0.25, 0.3) is 0 Å². The fraction of sp³-hybridized carbons (Fsp3) is 0.900. The Hall–Kier alpha value is -0.610. The largest absolute Gasteiger partial charge is 0.481 e. The molecule has 0 saturated carbocycles. The van der Waals surface area contributed by atoms with Gasteiger partial charge < -0.3 is 15.2 Å². The Kier molecular flexibility index (Phi) is 4.90. The van der Waals surface area contributed by atoms with E-state index in [1.807, 2.05) is 6.92 Å². The van der Waals surface area contributed by atoms with Gasteiger partial charge in [-0.1, -0.05) is 0 Å². The highest BCUT2D eigenvalue weighted by atomic mass is 16.5. The van der Waals surface area contributed by atoms with Crippen molar-refractivity contribution >= 4 is 5.97 Å². The van der Waals surface area contributed by atoms with E-state index in [4.69, 9.17) is 9.84 Å². The van der Waals surface area contributed by atoms with E-state index in [-0.39, 0.29) is 12.5 Å². The van der Waals surface area contributed by atoms with E-state index in [9.17, 15) is 4.79 Å². The third-order valence-corrected chi connectivity index (χ3v) is 2.57. The molecule has 1 fully saturated rings. The molecule has 0 aliphatic carbocycles. The summed E-state index contributed by atoms with van der Waals surface area (Å²) in [6.45, 7) is 4.55. The van der Waals surface area contributed by atoms with Crippen molar-refractivity contribution in [1.82, 2.24) is 5.32 Å². The van der Waals surface area contributed by atoms with Crippen LogP contribution >= 0.6 is 0 Å². The third-order valence-electron chi connectivity index (χ3n) is 2.57. The van der Waals surface area contributed by atoms with E-state index >= 15 is 0 Å². The first-order chi connectivity index (χ1) is 6.72. The van der Waals surface area contributed by atoms with E-state index in [1.165, 1.54) is 0 Å². The molecule has 1 aliphatic rings. The normalized spacial score (nSPS) is 27.5. The molecule has 0 unspecified atom stereocenters. The minimum Gasteiger partial charge on any atom is -0.481 e. The van der Waals surface area contributed by atoms with Crippen LogP contribution in [-0.2, 0) is 9.53 Å². The number of hydrogen-bond acceptors (Lipinski definition) is 3. The molecule has 14 heavy (non-hydrogen) atoms. The Morgan fingerprint density at radius 3 is 3.00 bits per heavy atom. The summed E-state index contributed by atoms with van der Waals surface area (Å²) in [5, 5.41) is 11.8. The van der Waals surface area contributed by atoms with Crippen LogP contribution in [0.4, 0.5) is 0 Å². The predicted molar refractivity (Wildman–Crippen MR) is 53.3 cm³/mol. The van der Waals surface area contributed by atoms with Crippen LogP contribution in [0.3, 0.4) is 0 Å². The number of rotatable bonds is 5. The van der Waals surface area contributed by atoms with Gasteiger partial charge in [-0.15, -0.1) is 0 Å². The van der Waals surface area contributed by atoms with Gasteiger partial charge in [0.05, 0.1) is 6.10 Å². The Balaban J connectivity index is 2.21. The Labute approximate surface area is 84.6 Å². The van der Waals surface area contributed by atoms with Gasteiger partial charge >= 0.3 is 5.97 Å².